The number of benzene rings is 2. The summed E-state index contributed by atoms with van der Waals surface area (Å²) >= 11 is 1.41. The molecule has 0 aliphatic carbocycles. The second-order valence-corrected chi connectivity index (χ2v) is 10.9. The van der Waals surface area contributed by atoms with Gasteiger partial charge in [0.15, 0.2) is 15.0 Å². The number of hydrogen-bond acceptors (Lipinski definition) is 7. The maximum Gasteiger partial charge on any atom is 0.228 e. The molecule has 0 N–H and O–H groups in total. The molecule has 1 aromatic heterocycles. The molecule has 0 bridgehead atoms. The average molecular weight is 544 g/mol. The van der Waals surface area contributed by atoms with Crippen molar-refractivity contribution in [3.63, 3.8) is 0 Å². The van der Waals surface area contributed by atoms with E-state index in [1.54, 1.807) is 12.0 Å². The Kier molecular flexibility index (Phi) is 10.9. The van der Waals surface area contributed by atoms with Crippen molar-refractivity contribution in [1.29, 1.82) is 0 Å². The molecule has 0 radical (unpaired) electrons. The Morgan fingerprint density at radius 1 is 1.09 bits per heavy atom. The first-order valence-electron chi connectivity index (χ1n) is 11.2. The summed E-state index contributed by atoms with van der Waals surface area (Å²) in [6.07, 6.45) is 0.233. The second-order valence-electron chi connectivity index (χ2n) is 7.78. The van der Waals surface area contributed by atoms with Crippen LogP contribution in [0.4, 0.5) is 9.52 Å². The number of rotatable bonds is 12. The van der Waals surface area contributed by atoms with Gasteiger partial charge in [0, 0.05) is 19.5 Å². The summed E-state index contributed by atoms with van der Waals surface area (Å²) < 4.78 is 44.4. The summed E-state index contributed by atoms with van der Waals surface area (Å²) in [5.74, 6) is -0.140. The molecule has 0 atom stereocenters. The molecule has 0 spiro atoms. The molecule has 0 aliphatic heterocycles. The normalized spacial score (nSPS) is 11.5. The molecule has 192 valence electrons. The van der Waals surface area contributed by atoms with Gasteiger partial charge in [-0.2, -0.15) is 0 Å². The van der Waals surface area contributed by atoms with Crippen LogP contribution in [0.1, 0.15) is 26.7 Å². The summed E-state index contributed by atoms with van der Waals surface area (Å²) in [7, 11) is -2.00. The highest BCUT2D eigenvalue weighted by molar-refractivity contribution is 7.91. The Balaban J connectivity index is 0.00000432. The molecule has 2 aromatic carbocycles. The van der Waals surface area contributed by atoms with Crippen molar-refractivity contribution < 1.29 is 22.3 Å². The predicted octanol–water partition coefficient (Wildman–Crippen LogP) is 4.79. The van der Waals surface area contributed by atoms with Gasteiger partial charge in [0.25, 0.3) is 0 Å². The van der Waals surface area contributed by atoms with Crippen LogP contribution in [0.2, 0.25) is 0 Å². The third-order valence-corrected chi connectivity index (χ3v) is 8.48. The minimum absolute atomic E-state index is 0. The highest BCUT2D eigenvalue weighted by Gasteiger charge is 2.22. The van der Waals surface area contributed by atoms with Gasteiger partial charge in [-0.05, 0) is 62.0 Å². The van der Waals surface area contributed by atoms with E-state index in [1.165, 1.54) is 23.5 Å². The van der Waals surface area contributed by atoms with Crippen LogP contribution < -0.4 is 9.64 Å². The van der Waals surface area contributed by atoms with Crippen molar-refractivity contribution in [3.05, 3.63) is 48.3 Å². The maximum atomic E-state index is 13.2. The highest BCUT2D eigenvalue weighted by atomic mass is 35.5. The van der Waals surface area contributed by atoms with E-state index in [2.05, 4.69) is 23.7 Å². The van der Waals surface area contributed by atoms with Gasteiger partial charge in [-0.1, -0.05) is 25.2 Å². The lowest BCUT2D eigenvalue weighted by Crippen LogP contribution is -2.38. The van der Waals surface area contributed by atoms with Crippen molar-refractivity contribution in [2.75, 3.05) is 43.9 Å². The van der Waals surface area contributed by atoms with E-state index in [0.29, 0.717) is 18.2 Å². The van der Waals surface area contributed by atoms with E-state index in [0.717, 1.165) is 41.2 Å². The van der Waals surface area contributed by atoms with Crippen molar-refractivity contribution in [1.82, 2.24) is 9.88 Å². The smallest absolute Gasteiger partial charge is 0.228 e. The molecule has 3 aromatic rings. The van der Waals surface area contributed by atoms with Gasteiger partial charge >= 0.3 is 0 Å². The molecular weight excluding hydrogens is 513 g/mol. The van der Waals surface area contributed by atoms with E-state index < -0.39 is 15.7 Å². The molecule has 1 heterocycles. The minimum Gasteiger partial charge on any atom is -0.497 e. The second kappa shape index (κ2) is 13.2. The molecule has 0 aliphatic rings. The van der Waals surface area contributed by atoms with Gasteiger partial charge in [-0.3, -0.25) is 9.69 Å². The third-order valence-electron chi connectivity index (χ3n) is 5.63. The van der Waals surface area contributed by atoms with Crippen LogP contribution in [0, 0.1) is 5.82 Å². The van der Waals surface area contributed by atoms with Crippen LogP contribution in [0.15, 0.2) is 47.4 Å². The summed E-state index contributed by atoms with van der Waals surface area (Å²) in [5.41, 5.74) is 0.778. The number of carbonyl (C=O) groups excluding carboxylic acids is 1. The largest absolute Gasteiger partial charge is 0.497 e. The molecule has 3 rings (SSSR count). The van der Waals surface area contributed by atoms with Crippen molar-refractivity contribution in [2.24, 2.45) is 0 Å². The van der Waals surface area contributed by atoms with Crippen LogP contribution in [-0.2, 0) is 14.6 Å². The van der Waals surface area contributed by atoms with Gasteiger partial charge in [0.2, 0.25) is 5.91 Å². The highest BCUT2D eigenvalue weighted by Crippen LogP contribution is 2.32. The molecule has 7 nitrogen and oxygen atoms in total. The molecule has 35 heavy (non-hydrogen) atoms. The number of ether oxygens (including phenoxy) is 1. The van der Waals surface area contributed by atoms with Gasteiger partial charge in [-0.25, -0.2) is 17.8 Å². The third kappa shape index (κ3) is 7.60. The molecule has 0 saturated carbocycles. The Hall–Kier alpha value is -2.27. The SMILES string of the molecule is CCN(CC)CCN(C(=O)CCCS(=O)(=O)c1ccc(F)cc1)c1nc2ccc(OC)cc2s1.Cl. The summed E-state index contributed by atoms with van der Waals surface area (Å²) in [6.45, 7) is 7.02. The van der Waals surface area contributed by atoms with Gasteiger partial charge < -0.3 is 9.64 Å². The Morgan fingerprint density at radius 2 is 1.77 bits per heavy atom. The van der Waals surface area contributed by atoms with E-state index in [9.17, 15) is 17.6 Å². The van der Waals surface area contributed by atoms with Crippen molar-refractivity contribution in [2.45, 2.75) is 31.6 Å². The first-order chi connectivity index (χ1) is 16.3. The van der Waals surface area contributed by atoms with E-state index in [4.69, 9.17) is 4.74 Å². The quantitative estimate of drug-likeness (QED) is 0.305. The maximum absolute atomic E-state index is 13.2. The molecule has 1 amide bonds. The number of methoxy groups -OCH3 is 1. The number of likely N-dealkylation sites (N-methyl/N-ethyl adjacent to an activating group) is 1. The number of carbonyl (C=O) groups is 1. The zero-order valence-corrected chi connectivity index (χ0v) is 22.5. The van der Waals surface area contributed by atoms with Gasteiger partial charge in [0.1, 0.15) is 11.6 Å². The monoisotopic (exact) mass is 543 g/mol. The topological polar surface area (TPSA) is 79.8 Å². The fourth-order valence-corrected chi connectivity index (χ4v) is 5.90. The zero-order valence-electron chi connectivity index (χ0n) is 20.1. The lowest BCUT2D eigenvalue weighted by Gasteiger charge is -2.24. The van der Waals surface area contributed by atoms with Crippen LogP contribution >= 0.6 is 23.7 Å². The summed E-state index contributed by atoms with van der Waals surface area (Å²) in [6, 6.07) is 10.3. The van der Waals surface area contributed by atoms with E-state index in [1.807, 2.05) is 18.2 Å². The van der Waals surface area contributed by atoms with Crippen LogP contribution in [0.5, 0.6) is 5.75 Å². The van der Waals surface area contributed by atoms with Crippen LogP contribution in [0.3, 0.4) is 0 Å². The number of fused-ring (bicyclic) bond motifs is 1. The number of aromatic nitrogens is 1. The lowest BCUT2D eigenvalue weighted by atomic mass is 10.3. The fourth-order valence-electron chi connectivity index (χ4n) is 3.55. The fraction of sp³-hybridized carbons (Fsp3) is 0.417. The average Bonchev–Trinajstić information content (AvgIpc) is 3.24. The van der Waals surface area contributed by atoms with Gasteiger partial charge in [0.05, 0.1) is 28.0 Å². The standard InChI is InChI=1S/C24H30FN3O4S2.ClH/c1-4-27(5-2)14-15-28(24-26-21-13-10-19(32-3)17-22(21)33-24)23(29)7-6-16-34(30,31)20-11-8-18(25)9-12-20;/h8-13,17H,4-7,14-16H2,1-3H3;1H. The molecule has 0 saturated heterocycles. The van der Waals surface area contributed by atoms with E-state index >= 15 is 0 Å². The number of amides is 1. The zero-order chi connectivity index (χ0) is 24.7. The first kappa shape index (κ1) is 29.0. The predicted molar refractivity (Wildman–Crippen MR) is 141 cm³/mol. The minimum atomic E-state index is -3.60. The number of sulfone groups is 1. The Labute approximate surface area is 216 Å². The number of hydrogen-bond donors (Lipinski definition) is 0. The summed E-state index contributed by atoms with van der Waals surface area (Å²) in [4.78, 5) is 21.8. The first-order valence-corrected chi connectivity index (χ1v) is 13.7. The molecule has 0 fully saturated rings. The lowest BCUT2D eigenvalue weighted by molar-refractivity contribution is -0.118. The number of halogens is 2. The van der Waals surface area contributed by atoms with Crippen LogP contribution in [0.25, 0.3) is 10.2 Å². The van der Waals surface area contributed by atoms with Gasteiger partial charge in [-0.15, -0.1) is 12.4 Å². The van der Waals surface area contributed by atoms with E-state index in [-0.39, 0.29) is 41.8 Å². The summed E-state index contributed by atoms with van der Waals surface area (Å²) in [5, 5.41) is 0.585. The molecule has 0 unspecified atom stereocenters. The molecular formula is C24H31ClFN3O4S2. The molecule has 11 heteroatoms. The van der Waals surface area contributed by atoms with Crippen molar-refractivity contribution >= 4 is 54.8 Å². The number of thiazole rings is 1. The Bertz CT molecular complexity index is 1220. The number of nitrogens with zero attached hydrogens (tertiary/aromatic N) is 3. The number of anilines is 1. The Morgan fingerprint density at radius 3 is 2.40 bits per heavy atom. The van der Waals surface area contributed by atoms with Crippen molar-refractivity contribution in [3.8, 4) is 5.75 Å². The van der Waals surface area contributed by atoms with Crippen LogP contribution in [-0.4, -0.2) is 63.3 Å².